The molecule has 0 radical (unpaired) electrons. The van der Waals surface area contributed by atoms with Crippen LogP contribution in [0.25, 0.3) is 32.6 Å². The van der Waals surface area contributed by atoms with Gasteiger partial charge in [-0.05, 0) is 79.4 Å². The summed E-state index contributed by atoms with van der Waals surface area (Å²) in [7, 11) is 3.79. The van der Waals surface area contributed by atoms with Crippen molar-refractivity contribution in [2.24, 2.45) is 5.73 Å². The first-order chi connectivity index (χ1) is 34.5. The van der Waals surface area contributed by atoms with Gasteiger partial charge in [-0.15, -0.1) is 11.6 Å². The number of carboxylic acid groups (broad SMARTS) is 2. The Morgan fingerprint density at radius 3 is 2.12 bits per heavy atom. The highest BCUT2D eigenvalue weighted by molar-refractivity contribution is 8.76. The molecule has 7 rings (SSSR count). The zero-order chi connectivity index (χ0) is 51.6. The molecule has 5 amide bonds. The van der Waals surface area contributed by atoms with Gasteiger partial charge in [-0.3, -0.25) is 34.2 Å². The summed E-state index contributed by atoms with van der Waals surface area (Å²) >= 11 is 6.39. The number of phenolic OH excluding ortho intramolecular Hbond substituents is 1. The van der Waals surface area contributed by atoms with Crippen LogP contribution in [0.5, 0.6) is 5.75 Å². The van der Waals surface area contributed by atoms with Crippen LogP contribution in [0.4, 0.5) is 17.1 Å². The molecule has 4 aromatic carbocycles. The van der Waals surface area contributed by atoms with Crippen LogP contribution in [-0.2, 0) is 24.0 Å². The summed E-state index contributed by atoms with van der Waals surface area (Å²) in [6.07, 6.45) is -0.0582. The van der Waals surface area contributed by atoms with Gasteiger partial charge in [0.15, 0.2) is 5.96 Å². The number of hydrogen-bond donors (Lipinski definition) is 13. The predicted octanol–water partition coefficient (Wildman–Crippen LogP) is 4.83. The summed E-state index contributed by atoms with van der Waals surface area (Å²) in [5.74, 6) is -5.33. The van der Waals surface area contributed by atoms with E-state index in [4.69, 9.17) is 22.7 Å². The van der Waals surface area contributed by atoms with Crippen molar-refractivity contribution < 1.29 is 48.9 Å². The van der Waals surface area contributed by atoms with Gasteiger partial charge >= 0.3 is 11.9 Å². The molecule has 3 heterocycles. The molecule has 1 aliphatic rings. The first-order valence-corrected chi connectivity index (χ1v) is 25.6. The monoisotopic (exact) mass is 1040 g/mol. The highest BCUT2D eigenvalue weighted by Gasteiger charge is 2.36. The van der Waals surface area contributed by atoms with Crippen LogP contribution in [0.15, 0.2) is 78.9 Å². The maximum Gasteiger partial charge on any atom is 0.327 e. The third-order valence-electron chi connectivity index (χ3n) is 11.8. The number of amides is 5. The van der Waals surface area contributed by atoms with Gasteiger partial charge in [0.25, 0.3) is 11.8 Å². The van der Waals surface area contributed by atoms with E-state index in [1.807, 2.05) is 24.3 Å². The Balaban J connectivity index is 0.880. The molecule has 0 spiro atoms. The molecule has 6 aromatic rings. The topological polar surface area (TPSA) is 337 Å². The summed E-state index contributed by atoms with van der Waals surface area (Å²) in [4.78, 5) is 97.7. The quantitative estimate of drug-likeness (QED) is 0.0134. The lowest BCUT2D eigenvalue weighted by atomic mass is 9.95. The van der Waals surface area contributed by atoms with Crippen molar-refractivity contribution in [3.63, 3.8) is 0 Å². The van der Waals surface area contributed by atoms with Crippen molar-refractivity contribution in [1.82, 2.24) is 31.2 Å². The van der Waals surface area contributed by atoms with E-state index in [2.05, 4.69) is 41.9 Å². The number of nitrogens with zero attached hydrogens (tertiary/aromatic N) is 1. The van der Waals surface area contributed by atoms with E-state index in [9.17, 15) is 48.9 Å². The van der Waals surface area contributed by atoms with Gasteiger partial charge in [0.05, 0.1) is 18.2 Å². The van der Waals surface area contributed by atoms with Crippen molar-refractivity contribution in [3.8, 4) is 5.75 Å². The van der Waals surface area contributed by atoms with Crippen molar-refractivity contribution in [1.29, 1.82) is 5.41 Å². The largest absolute Gasteiger partial charge is 0.507 e. The van der Waals surface area contributed by atoms with Crippen LogP contribution in [0.3, 0.4) is 0 Å². The van der Waals surface area contributed by atoms with Crippen molar-refractivity contribution in [3.05, 3.63) is 95.8 Å². The number of H-pyrrole nitrogens is 2. The number of benzene rings is 4. The van der Waals surface area contributed by atoms with E-state index < -0.39 is 54.2 Å². The molecule has 21 nitrogen and oxygen atoms in total. The standard InChI is InChI=1S/C48H52ClN11O10S2/c1-52-33(7-4-13-53-48(50)51)43(65)58-35(19-41(63)64)45(67)59-37(47(69)70)23-72-71-14-12-40(62)54-27-8-10-31-24(15-27)17-34(56-31)44(66)55-28-9-11-32-25(16-28)18-36(57-32)46(68)60-22-26(21-49)42-30-6-3-2-5-29(30)39(61)20-38(42)60/h2-3,5-6,8-11,15-18,20,26,33,35,37,52,56-57,61H,4,7,12-14,19,21-23H2,1H3,(H,54,62)(H,55,66)(H,58,65)(H,59,67)(H,63,64)(H,69,70)(H4,50,51,53)/t26?,33-,35-,37-/m0/s1. The molecule has 0 saturated heterocycles. The Morgan fingerprint density at radius 1 is 0.833 bits per heavy atom. The zero-order valence-corrected chi connectivity index (χ0v) is 41.0. The number of aromatic amines is 2. The van der Waals surface area contributed by atoms with Gasteiger partial charge in [0, 0.05) is 87.4 Å². The van der Waals surface area contributed by atoms with Gasteiger partial charge in [-0.25, -0.2) is 4.79 Å². The number of phenols is 1. The summed E-state index contributed by atoms with van der Waals surface area (Å²) in [5.41, 5.74) is 9.66. The Morgan fingerprint density at radius 2 is 1.47 bits per heavy atom. The summed E-state index contributed by atoms with van der Waals surface area (Å²) in [6.45, 7) is 0.655. The van der Waals surface area contributed by atoms with E-state index >= 15 is 0 Å². The number of carboxylic acids is 2. The summed E-state index contributed by atoms with van der Waals surface area (Å²) in [6, 6.07) is 19.0. The molecule has 4 atom stereocenters. The number of aromatic hydroxyl groups is 1. The number of carbonyl (C=O) groups is 7. The number of hydrogen-bond acceptors (Lipinski definition) is 12. The molecule has 14 N–H and O–H groups in total. The molecule has 1 unspecified atom stereocenters. The average molecular weight is 1040 g/mol. The van der Waals surface area contributed by atoms with Gasteiger partial charge in [-0.2, -0.15) is 0 Å². The number of nitrogens with two attached hydrogens (primary N) is 1. The molecule has 378 valence electrons. The van der Waals surface area contributed by atoms with Crippen LogP contribution in [0, 0.1) is 5.41 Å². The van der Waals surface area contributed by atoms with Crippen LogP contribution >= 0.6 is 33.2 Å². The lowest BCUT2D eigenvalue weighted by Crippen LogP contribution is -2.55. The van der Waals surface area contributed by atoms with E-state index in [0.717, 1.165) is 21.7 Å². The molecule has 0 aliphatic carbocycles. The number of rotatable bonds is 23. The molecule has 0 fully saturated rings. The van der Waals surface area contributed by atoms with Crippen molar-refractivity contribution in [2.45, 2.75) is 49.7 Å². The third kappa shape index (κ3) is 12.7. The highest BCUT2D eigenvalue weighted by atomic mass is 35.5. The molecule has 0 bridgehead atoms. The van der Waals surface area contributed by atoms with Crippen LogP contribution in [-0.4, -0.2) is 128 Å². The average Bonchev–Trinajstić information content (AvgIpc) is 4.08. The Labute approximate surface area is 424 Å². The number of aromatic nitrogens is 2. The van der Waals surface area contributed by atoms with E-state index in [1.54, 1.807) is 59.5 Å². The minimum absolute atomic E-state index is 0.0502. The van der Waals surface area contributed by atoms with Gasteiger partial charge in [0.1, 0.15) is 29.2 Å². The predicted molar refractivity (Wildman–Crippen MR) is 279 cm³/mol. The second-order valence-electron chi connectivity index (χ2n) is 16.9. The number of alkyl halides is 1. The normalized spacial score (nSPS) is 14.3. The number of anilines is 3. The van der Waals surface area contributed by atoms with Crippen LogP contribution in [0.1, 0.15) is 58.1 Å². The highest BCUT2D eigenvalue weighted by Crippen LogP contribution is 2.45. The smallest absolute Gasteiger partial charge is 0.327 e. The maximum absolute atomic E-state index is 14.0. The first-order valence-electron chi connectivity index (χ1n) is 22.6. The fourth-order valence-electron chi connectivity index (χ4n) is 8.32. The fraction of sp³-hybridized carbons (Fsp3) is 0.292. The Bertz CT molecular complexity index is 3080. The molecule has 2 aromatic heterocycles. The van der Waals surface area contributed by atoms with E-state index in [1.165, 1.54) is 17.8 Å². The minimum atomic E-state index is -1.56. The van der Waals surface area contributed by atoms with E-state index in [0.29, 0.717) is 75.3 Å². The Hall–Kier alpha value is -7.47. The number of fused-ring (bicyclic) bond motifs is 5. The molecule has 1 aliphatic heterocycles. The van der Waals surface area contributed by atoms with Gasteiger partial charge in [0.2, 0.25) is 17.7 Å². The van der Waals surface area contributed by atoms with Crippen LogP contribution < -0.4 is 42.5 Å². The third-order valence-corrected chi connectivity index (χ3v) is 14.6. The molecular formula is C48H52ClN11O10S2. The molecule has 72 heavy (non-hydrogen) atoms. The second kappa shape index (κ2) is 23.6. The number of aliphatic carboxylic acids is 2. The van der Waals surface area contributed by atoms with Crippen molar-refractivity contribution >= 4 is 130 Å². The summed E-state index contributed by atoms with van der Waals surface area (Å²) < 4.78 is 0. The molecule has 0 saturated carbocycles. The number of carbonyl (C=O) groups excluding carboxylic acids is 5. The molecular weight excluding hydrogens is 990 g/mol. The molecule has 24 heteroatoms. The lowest BCUT2D eigenvalue weighted by Gasteiger charge is -2.23. The van der Waals surface area contributed by atoms with Gasteiger partial charge in [-0.1, -0.05) is 45.9 Å². The van der Waals surface area contributed by atoms with Crippen molar-refractivity contribution in [2.75, 3.05) is 53.1 Å². The zero-order valence-electron chi connectivity index (χ0n) is 38.6. The maximum atomic E-state index is 14.0. The SMILES string of the molecule is CN[C@@H](CCCNC(=N)N)C(=O)N[C@@H](CC(=O)O)C(=O)N[C@@H](CSSCCC(=O)Nc1ccc2[nH]c(C(=O)Nc3ccc4[nH]c(C(=O)N5CC(CCl)c6c5cc(O)c5ccccc65)cc4c3)cc2c1)C(=O)O. The minimum Gasteiger partial charge on any atom is -0.507 e. The number of likely N-dealkylation sites (N-methyl/N-ethyl adjacent to an activating group) is 1. The number of halogens is 1. The first kappa shape index (κ1) is 52.4. The van der Waals surface area contributed by atoms with Crippen LogP contribution in [0.2, 0.25) is 0 Å². The number of nitrogens with one attached hydrogen (secondary N) is 9. The number of guanidine groups is 1. The Kier molecular flexibility index (Phi) is 17.2. The second-order valence-corrected chi connectivity index (χ2v) is 19.8. The fourth-order valence-corrected chi connectivity index (χ4v) is 10.7. The van der Waals surface area contributed by atoms with E-state index in [-0.39, 0.29) is 59.5 Å². The lowest BCUT2D eigenvalue weighted by molar-refractivity contribution is -0.143. The van der Waals surface area contributed by atoms with Gasteiger partial charge < -0.3 is 67.8 Å². The summed E-state index contributed by atoms with van der Waals surface area (Å²) in [5, 5.41) is 55.9.